The fourth-order valence-corrected chi connectivity index (χ4v) is 2.49. The molecule has 0 atom stereocenters. The minimum absolute atomic E-state index is 0.191. The van der Waals surface area contributed by atoms with Crippen LogP contribution < -0.4 is 21.1 Å². The lowest BCUT2D eigenvalue weighted by atomic mass is 9.85. The van der Waals surface area contributed by atoms with Crippen LogP contribution in [-0.4, -0.2) is 38.6 Å². The molecular weight excluding hydrogens is 304 g/mol. The number of hydrogen-bond donors (Lipinski definition) is 3. The number of hydrogen-bond acceptors (Lipinski definition) is 3. The van der Waals surface area contributed by atoms with E-state index in [4.69, 9.17) is 10.5 Å². The van der Waals surface area contributed by atoms with Gasteiger partial charge in [0, 0.05) is 25.6 Å². The van der Waals surface area contributed by atoms with Crippen LogP contribution >= 0.6 is 0 Å². The molecule has 6 nitrogen and oxygen atoms in total. The number of rotatable bonds is 9. The van der Waals surface area contributed by atoms with E-state index in [-0.39, 0.29) is 11.8 Å². The molecule has 4 N–H and O–H groups in total. The first-order valence-corrected chi connectivity index (χ1v) is 8.63. The summed E-state index contributed by atoms with van der Waals surface area (Å²) in [6.07, 6.45) is 4.93. The smallest absolute Gasteiger partial charge is 0.223 e. The van der Waals surface area contributed by atoms with Gasteiger partial charge in [0.05, 0.1) is 7.11 Å². The molecule has 24 heavy (non-hydrogen) atoms. The maximum atomic E-state index is 11.6. The Balaban J connectivity index is 1.53. The minimum atomic E-state index is 0.191. The number of nitrogens with one attached hydrogen (secondary N) is 2. The number of nitrogens with zero attached hydrogens (tertiary/aromatic N) is 1. The fraction of sp³-hybridized carbons (Fsp3) is 0.556. The SMILES string of the molecule is COc1ccc(CCNC(N)=NCCCNC(=O)C2CCC2)cc1. The van der Waals surface area contributed by atoms with Gasteiger partial charge in [-0.3, -0.25) is 9.79 Å². The third kappa shape index (κ3) is 6.10. The zero-order chi connectivity index (χ0) is 17.2. The van der Waals surface area contributed by atoms with E-state index in [1.54, 1.807) is 7.11 Å². The highest BCUT2D eigenvalue weighted by Crippen LogP contribution is 2.25. The van der Waals surface area contributed by atoms with Crippen molar-refractivity contribution >= 4 is 11.9 Å². The van der Waals surface area contributed by atoms with Crippen molar-refractivity contribution in [3.63, 3.8) is 0 Å². The number of carbonyl (C=O) groups excluding carboxylic acids is 1. The number of benzene rings is 1. The molecule has 0 aliphatic heterocycles. The van der Waals surface area contributed by atoms with Crippen molar-refractivity contribution in [3.8, 4) is 5.75 Å². The van der Waals surface area contributed by atoms with Crippen molar-refractivity contribution in [3.05, 3.63) is 29.8 Å². The van der Waals surface area contributed by atoms with E-state index in [0.717, 1.165) is 38.0 Å². The second-order valence-electron chi connectivity index (χ2n) is 6.06. The molecule has 1 saturated carbocycles. The molecule has 0 heterocycles. The van der Waals surface area contributed by atoms with E-state index >= 15 is 0 Å². The molecular formula is C18H28N4O2. The topological polar surface area (TPSA) is 88.7 Å². The van der Waals surface area contributed by atoms with Gasteiger partial charge in [-0.15, -0.1) is 0 Å². The number of aliphatic imine (C=N–C) groups is 1. The molecule has 0 unspecified atom stereocenters. The summed E-state index contributed by atoms with van der Waals surface area (Å²) < 4.78 is 5.13. The first-order chi connectivity index (χ1) is 11.7. The predicted molar refractivity (Wildman–Crippen MR) is 96.2 cm³/mol. The highest BCUT2D eigenvalue weighted by atomic mass is 16.5. The lowest BCUT2D eigenvalue weighted by molar-refractivity contribution is -0.127. The summed E-state index contributed by atoms with van der Waals surface area (Å²) in [5.74, 6) is 1.75. The molecule has 1 aromatic carbocycles. The summed E-state index contributed by atoms with van der Waals surface area (Å²) in [7, 11) is 1.66. The number of carbonyl (C=O) groups is 1. The summed E-state index contributed by atoms with van der Waals surface area (Å²) in [4.78, 5) is 15.9. The van der Waals surface area contributed by atoms with Gasteiger partial charge in [0.1, 0.15) is 5.75 Å². The van der Waals surface area contributed by atoms with Crippen molar-refractivity contribution in [2.24, 2.45) is 16.6 Å². The summed E-state index contributed by atoms with van der Waals surface area (Å²) in [6.45, 7) is 2.02. The van der Waals surface area contributed by atoms with Crippen molar-refractivity contribution in [2.45, 2.75) is 32.1 Å². The monoisotopic (exact) mass is 332 g/mol. The van der Waals surface area contributed by atoms with Crippen LogP contribution in [0, 0.1) is 5.92 Å². The largest absolute Gasteiger partial charge is 0.497 e. The standard InChI is InChI=1S/C18H28N4O2/c1-24-16-8-6-14(7-9-16)10-13-22-18(19)21-12-3-11-20-17(23)15-4-2-5-15/h6-9,15H,2-5,10-13H2,1H3,(H,20,23)(H3,19,21,22). The Bertz CT molecular complexity index is 538. The van der Waals surface area contributed by atoms with Gasteiger partial charge in [-0.1, -0.05) is 18.6 Å². The average molecular weight is 332 g/mol. The Labute approximate surface area is 143 Å². The Kier molecular flexibility index (Phi) is 7.39. The molecule has 0 aromatic heterocycles. The van der Waals surface area contributed by atoms with Gasteiger partial charge < -0.3 is 21.1 Å². The summed E-state index contributed by atoms with van der Waals surface area (Å²) in [6, 6.07) is 7.98. The Morgan fingerprint density at radius 3 is 2.62 bits per heavy atom. The van der Waals surface area contributed by atoms with Gasteiger partial charge in [-0.2, -0.15) is 0 Å². The number of guanidine groups is 1. The minimum Gasteiger partial charge on any atom is -0.497 e. The maximum absolute atomic E-state index is 11.6. The summed E-state index contributed by atoms with van der Waals surface area (Å²) in [5.41, 5.74) is 7.05. The quantitative estimate of drug-likeness (QED) is 0.363. The van der Waals surface area contributed by atoms with Crippen molar-refractivity contribution in [2.75, 3.05) is 26.7 Å². The molecule has 6 heteroatoms. The molecule has 0 spiro atoms. The molecule has 2 rings (SSSR count). The van der Waals surface area contributed by atoms with E-state index in [1.807, 2.05) is 24.3 Å². The zero-order valence-electron chi connectivity index (χ0n) is 14.4. The second kappa shape index (κ2) is 9.80. The van der Waals surface area contributed by atoms with Gasteiger partial charge in [0.2, 0.25) is 5.91 Å². The Morgan fingerprint density at radius 2 is 2.00 bits per heavy atom. The van der Waals surface area contributed by atoms with E-state index < -0.39 is 0 Å². The lowest BCUT2D eigenvalue weighted by Crippen LogP contribution is -2.35. The van der Waals surface area contributed by atoms with E-state index in [0.29, 0.717) is 19.0 Å². The van der Waals surface area contributed by atoms with E-state index in [2.05, 4.69) is 15.6 Å². The van der Waals surface area contributed by atoms with E-state index in [1.165, 1.54) is 12.0 Å². The van der Waals surface area contributed by atoms with Gasteiger partial charge >= 0.3 is 0 Å². The van der Waals surface area contributed by atoms with Gasteiger partial charge in [-0.25, -0.2) is 0 Å². The number of nitrogens with two attached hydrogens (primary N) is 1. The lowest BCUT2D eigenvalue weighted by Gasteiger charge is -2.23. The molecule has 0 radical (unpaired) electrons. The highest BCUT2D eigenvalue weighted by Gasteiger charge is 2.24. The normalized spacial score (nSPS) is 14.8. The second-order valence-corrected chi connectivity index (χ2v) is 6.06. The van der Waals surface area contributed by atoms with Gasteiger partial charge in [0.15, 0.2) is 5.96 Å². The maximum Gasteiger partial charge on any atom is 0.223 e. The molecule has 1 aliphatic rings. The number of ether oxygens (including phenoxy) is 1. The van der Waals surface area contributed by atoms with Crippen LogP contribution in [0.5, 0.6) is 5.75 Å². The van der Waals surface area contributed by atoms with Gasteiger partial charge in [-0.05, 0) is 43.4 Å². The van der Waals surface area contributed by atoms with Crippen LogP contribution in [0.2, 0.25) is 0 Å². The van der Waals surface area contributed by atoms with Gasteiger partial charge in [0.25, 0.3) is 0 Å². The third-order valence-electron chi connectivity index (χ3n) is 4.27. The van der Waals surface area contributed by atoms with Crippen molar-refractivity contribution < 1.29 is 9.53 Å². The molecule has 1 aromatic rings. The highest BCUT2D eigenvalue weighted by molar-refractivity contribution is 5.79. The molecule has 1 fully saturated rings. The predicted octanol–water partition coefficient (Wildman–Crippen LogP) is 1.45. The van der Waals surface area contributed by atoms with Crippen LogP contribution in [0.1, 0.15) is 31.2 Å². The molecule has 0 saturated heterocycles. The number of methoxy groups -OCH3 is 1. The molecule has 1 amide bonds. The van der Waals surface area contributed by atoms with E-state index in [9.17, 15) is 4.79 Å². The molecule has 0 bridgehead atoms. The Morgan fingerprint density at radius 1 is 1.25 bits per heavy atom. The average Bonchev–Trinajstić information content (AvgIpc) is 2.53. The summed E-state index contributed by atoms with van der Waals surface area (Å²) >= 11 is 0. The summed E-state index contributed by atoms with van der Waals surface area (Å²) in [5, 5.41) is 6.06. The fourth-order valence-electron chi connectivity index (χ4n) is 2.49. The van der Waals surface area contributed by atoms with Crippen LogP contribution in [0.25, 0.3) is 0 Å². The van der Waals surface area contributed by atoms with Crippen LogP contribution in [0.3, 0.4) is 0 Å². The third-order valence-corrected chi connectivity index (χ3v) is 4.27. The molecule has 132 valence electrons. The molecule has 1 aliphatic carbocycles. The zero-order valence-corrected chi connectivity index (χ0v) is 14.4. The number of amides is 1. The van der Waals surface area contributed by atoms with Crippen LogP contribution in [-0.2, 0) is 11.2 Å². The Hall–Kier alpha value is -2.24. The first-order valence-electron chi connectivity index (χ1n) is 8.63. The van der Waals surface area contributed by atoms with Crippen molar-refractivity contribution in [1.82, 2.24) is 10.6 Å². The van der Waals surface area contributed by atoms with Crippen LogP contribution in [0.4, 0.5) is 0 Å². The van der Waals surface area contributed by atoms with Crippen molar-refractivity contribution in [1.29, 1.82) is 0 Å². The van der Waals surface area contributed by atoms with Crippen LogP contribution in [0.15, 0.2) is 29.3 Å². The first kappa shape index (κ1) is 18.1.